The zero-order chi connectivity index (χ0) is 15.0. The predicted molar refractivity (Wildman–Crippen MR) is 71.0 cm³/mol. The highest BCUT2D eigenvalue weighted by Gasteiger charge is 2.30. The van der Waals surface area contributed by atoms with Crippen molar-refractivity contribution >= 4 is 11.6 Å². The molecule has 0 atom stereocenters. The van der Waals surface area contributed by atoms with Crippen LogP contribution >= 0.6 is 11.6 Å². The molecule has 7 heteroatoms. The van der Waals surface area contributed by atoms with Gasteiger partial charge in [0.15, 0.2) is 0 Å². The highest BCUT2D eigenvalue weighted by atomic mass is 35.5. The van der Waals surface area contributed by atoms with E-state index in [1.807, 2.05) is 0 Å². The van der Waals surface area contributed by atoms with Gasteiger partial charge in [-0.05, 0) is 17.7 Å². The van der Waals surface area contributed by atoms with Crippen molar-refractivity contribution < 1.29 is 22.6 Å². The molecule has 0 fully saturated rings. The summed E-state index contributed by atoms with van der Waals surface area (Å²) in [6.45, 7) is 2.57. The number of halogens is 4. The number of ether oxygens (including phenoxy) is 2. The number of rotatable bonds is 8. The summed E-state index contributed by atoms with van der Waals surface area (Å²) >= 11 is 5.71. The van der Waals surface area contributed by atoms with Crippen molar-refractivity contribution in [3.63, 3.8) is 0 Å². The van der Waals surface area contributed by atoms with Gasteiger partial charge in [0.05, 0.1) is 6.61 Å². The van der Waals surface area contributed by atoms with Crippen molar-refractivity contribution in [3.05, 3.63) is 29.8 Å². The third kappa shape index (κ3) is 6.98. The van der Waals surface area contributed by atoms with Crippen molar-refractivity contribution in [2.45, 2.75) is 12.9 Å². The molecule has 114 valence electrons. The number of benzene rings is 1. The summed E-state index contributed by atoms with van der Waals surface area (Å²) in [7, 11) is 1.61. The minimum Gasteiger partial charge on any atom is -0.406 e. The van der Waals surface area contributed by atoms with Gasteiger partial charge in [-0.3, -0.25) is 4.90 Å². The van der Waals surface area contributed by atoms with Gasteiger partial charge in [-0.1, -0.05) is 12.1 Å². The van der Waals surface area contributed by atoms with Crippen LogP contribution < -0.4 is 4.74 Å². The molecule has 0 saturated heterocycles. The van der Waals surface area contributed by atoms with Crippen molar-refractivity contribution in [3.8, 4) is 5.75 Å². The van der Waals surface area contributed by atoms with E-state index >= 15 is 0 Å². The van der Waals surface area contributed by atoms with E-state index < -0.39 is 6.36 Å². The zero-order valence-electron chi connectivity index (χ0n) is 11.1. The van der Waals surface area contributed by atoms with E-state index in [1.165, 1.54) is 12.1 Å². The third-order valence-electron chi connectivity index (χ3n) is 2.58. The molecule has 1 rings (SSSR count). The molecule has 0 saturated carbocycles. The van der Waals surface area contributed by atoms with E-state index in [0.29, 0.717) is 32.1 Å². The monoisotopic (exact) mass is 311 g/mol. The van der Waals surface area contributed by atoms with Gasteiger partial charge in [0.2, 0.25) is 0 Å². The van der Waals surface area contributed by atoms with Crippen molar-refractivity contribution in [1.29, 1.82) is 0 Å². The second-order valence-electron chi connectivity index (χ2n) is 4.15. The van der Waals surface area contributed by atoms with E-state index in [4.69, 9.17) is 16.3 Å². The molecule has 0 unspecified atom stereocenters. The second kappa shape index (κ2) is 8.34. The Bertz CT molecular complexity index is 384. The first-order valence-corrected chi connectivity index (χ1v) is 6.60. The predicted octanol–water partition coefficient (Wildman–Crippen LogP) is 3.27. The Hall–Kier alpha value is -0.980. The van der Waals surface area contributed by atoms with Crippen LogP contribution in [0.25, 0.3) is 0 Å². The first-order chi connectivity index (χ1) is 9.44. The first kappa shape index (κ1) is 17.1. The molecule has 0 aromatic heterocycles. The molecule has 0 aliphatic heterocycles. The summed E-state index contributed by atoms with van der Waals surface area (Å²) in [5.74, 6) is 0.265. The Kier molecular flexibility index (Phi) is 7.12. The SMILES string of the molecule is COCCN(CCCl)Cc1ccc(OC(F)(F)F)cc1. The summed E-state index contributed by atoms with van der Waals surface area (Å²) in [4.78, 5) is 2.07. The van der Waals surface area contributed by atoms with Crippen LogP contribution in [0.2, 0.25) is 0 Å². The van der Waals surface area contributed by atoms with E-state index in [2.05, 4.69) is 9.64 Å². The Morgan fingerprint density at radius 3 is 2.30 bits per heavy atom. The van der Waals surface area contributed by atoms with E-state index in [9.17, 15) is 13.2 Å². The smallest absolute Gasteiger partial charge is 0.406 e. The minimum absolute atomic E-state index is 0.220. The first-order valence-electron chi connectivity index (χ1n) is 6.06. The quantitative estimate of drug-likeness (QED) is 0.688. The topological polar surface area (TPSA) is 21.7 Å². The Labute approximate surface area is 121 Å². The largest absolute Gasteiger partial charge is 0.573 e. The standard InChI is InChI=1S/C13H17ClF3NO2/c1-19-9-8-18(7-6-14)10-11-2-4-12(5-3-11)20-13(15,16)17/h2-5H,6-10H2,1H3. The lowest BCUT2D eigenvalue weighted by Gasteiger charge is -2.21. The summed E-state index contributed by atoms with van der Waals surface area (Å²) in [6.07, 6.45) is -4.66. The summed E-state index contributed by atoms with van der Waals surface area (Å²) in [5, 5.41) is 0. The lowest BCUT2D eigenvalue weighted by atomic mass is 10.2. The lowest BCUT2D eigenvalue weighted by molar-refractivity contribution is -0.274. The summed E-state index contributed by atoms with van der Waals surface area (Å²) in [6, 6.07) is 5.82. The lowest BCUT2D eigenvalue weighted by Crippen LogP contribution is -2.28. The molecular weight excluding hydrogens is 295 g/mol. The molecule has 0 heterocycles. The number of nitrogens with zero attached hydrogens (tertiary/aromatic N) is 1. The average molecular weight is 312 g/mol. The summed E-state index contributed by atoms with van der Waals surface area (Å²) < 4.78 is 44.9. The second-order valence-corrected chi connectivity index (χ2v) is 4.53. The maximum absolute atomic E-state index is 12.0. The van der Waals surface area contributed by atoms with Crippen LogP contribution in [0.1, 0.15) is 5.56 Å². The van der Waals surface area contributed by atoms with Crippen LogP contribution in [0.5, 0.6) is 5.75 Å². The van der Waals surface area contributed by atoms with Gasteiger partial charge in [0.25, 0.3) is 0 Å². The molecular formula is C13H17ClF3NO2. The molecule has 20 heavy (non-hydrogen) atoms. The molecule has 0 aliphatic carbocycles. The van der Waals surface area contributed by atoms with Gasteiger partial charge in [0.1, 0.15) is 5.75 Å². The summed E-state index contributed by atoms with van der Waals surface area (Å²) in [5.41, 5.74) is 0.890. The molecule has 1 aromatic carbocycles. The third-order valence-corrected chi connectivity index (χ3v) is 2.74. The van der Waals surface area contributed by atoms with Crippen molar-refractivity contribution in [2.75, 3.05) is 32.7 Å². The van der Waals surface area contributed by atoms with Gasteiger partial charge >= 0.3 is 6.36 Å². The molecule has 0 radical (unpaired) electrons. The highest BCUT2D eigenvalue weighted by molar-refractivity contribution is 6.18. The van der Waals surface area contributed by atoms with E-state index in [-0.39, 0.29) is 5.75 Å². The molecule has 3 nitrogen and oxygen atoms in total. The fourth-order valence-electron chi connectivity index (χ4n) is 1.66. The Balaban J connectivity index is 2.58. The van der Waals surface area contributed by atoms with E-state index in [1.54, 1.807) is 19.2 Å². The molecule has 0 amide bonds. The van der Waals surface area contributed by atoms with Crippen LogP contribution in [0, 0.1) is 0 Å². The van der Waals surface area contributed by atoms with Crippen LogP contribution in [-0.4, -0.2) is 43.9 Å². The van der Waals surface area contributed by atoms with Gasteiger partial charge in [0, 0.05) is 32.6 Å². The van der Waals surface area contributed by atoms with Crippen LogP contribution in [0.3, 0.4) is 0 Å². The number of hydrogen-bond donors (Lipinski definition) is 0. The van der Waals surface area contributed by atoms with Crippen LogP contribution in [0.15, 0.2) is 24.3 Å². The van der Waals surface area contributed by atoms with Gasteiger partial charge < -0.3 is 9.47 Å². The molecule has 1 aromatic rings. The minimum atomic E-state index is -4.66. The maximum atomic E-state index is 12.0. The molecule has 0 aliphatic rings. The van der Waals surface area contributed by atoms with Crippen molar-refractivity contribution in [2.24, 2.45) is 0 Å². The van der Waals surface area contributed by atoms with E-state index in [0.717, 1.165) is 5.56 Å². The Morgan fingerprint density at radius 1 is 1.15 bits per heavy atom. The number of hydrogen-bond acceptors (Lipinski definition) is 3. The van der Waals surface area contributed by atoms with Gasteiger partial charge in [-0.2, -0.15) is 0 Å². The Morgan fingerprint density at radius 2 is 1.80 bits per heavy atom. The number of methoxy groups -OCH3 is 1. The molecule has 0 spiro atoms. The van der Waals surface area contributed by atoms with Crippen LogP contribution in [-0.2, 0) is 11.3 Å². The number of alkyl halides is 4. The zero-order valence-corrected chi connectivity index (χ0v) is 11.9. The molecule has 0 N–H and O–H groups in total. The highest BCUT2D eigenvalue weighted by Crippen LogP contribution is 2.23. The fourth-order valence-corrected chi connectivity index (χ4v) is 1.90. The van der Waals surface area contributed by atoms with Crippen molar-refractivity contribution in [1.82, 2.24) is 4.90 Å². The molecule has 0 bridgehead atoms. The van der Waals surface area contributed by atoms with Gasteiger partial charge in [-0.15, -0.1) is 24.8 Å². The fraction of sp³-hybridized carbons (Fsp3) is 0.538. The average Bonchev–Trinajstić information content (AvgIpc) is 2.37. The maximum Gasteiger partial charge on any atom is 0.573 e. The normalized spacial score (nSPS) is 11.9. The van der Waals surface area contributed by atoms with Gasteiger partial charge in [-0.25, -0.2) is 0 Å². The van der Waals surface area contributed by atoms with Crippen LogP contribution in [0.4, 0.5) is 13.2 Å².